The molecular weight excluding hydrogens is 703 g/mol. The van der Waals surface area contributed by atoms with Gasteiger partial charge in [-0.1, -0.05) is 133 Å². The predicted molar refractivity (Wildman–Crippen MR) is 228 cm³/mol. The molecule has 12 aromatic rings. The Hall–Kier alpha value is -7.90. The zero-order valence-corrected chi connectivity index (χ0v) is 30.3. The van der Waals surface area contributed by atoms with E-state index in [1.165, 1.54) is 11.1 Å². The molecule has 0 amide bonds. The van der Waals surface area contributed by atoms with Crippen molar-refractivity contribution < 1.29 is 8.83 Å². The van der Waals surface area contributed by atoms with Crippen LogP contribution in [-0.4, -0.2) is 24.5 Å². The number of para-hydroxylation sites is 3. The van der Waals surface area contributed by atoms with Crippen molar-refractivity contribution in [2.24, 2.45) is 0 Å². The molecule has 0 fully saturated rings. The molecule has 12 rings (SSSR count). The highest BCUT2D eigenvalue weighted by Gasteiger charge is 2.23. The summed E-state index contributed by atoms with van der Waals surface area (Å²) in [6.07, 6.45) is 3.62. The van der Waals surface area contributed by atoms with Crippen molar-refractivity contribution in [3.8, 4) is 51.0 Å². The van der Waals surface area contributed by atoms with Crippen LogP contribution in [0.15, 0.2) is 185 Å². The van der Waals surface area contributed by atoms with Gasteiger partial charge in [0.25, 0.3) is 0 Å². The van der Waals surface area contributed by atoms with Gasteiger partial charge in [0.05, 0.1) is 16.6 Å². The first-order chi connectivity index (χ1) is 28.3. The van der Waals surface area contributed by atoms with Crippen LogP contribution in [0, 0.1) is 0 Å². The second-order valence-corrected chi connectivity index (χ2v) is 14.2. The molecule has 7 aromatic carbocycles. The summed E-state index contributed by atoms with van der Waals surface area (Å²) in [7, 11) is 0. The Bertz CT molecular complexity index is 3530. The topological polar surface area (TPSA) is 82.8 Å². The summed E-state index contributed by atoms with van der Waals surface area (Å²) in [6, 6.07) is 56.3. The number of hydrogen-bond donors (Lipinski definition) is 0. The minimum absolute atomic E-state index is 0.454. The number of hydrogen-bond acceptors (Lipinski definition) is 6. The minimum atomic E-state index is 0.454. The third-order valence-electron chi connectivity index (χ3n) is 11.0. The van der Waals surface area contributed by atoms with E-state index >= 15 is 0 Å². The van der Waals surface area contributed by atoms with Gasteiger partial charge in [-0.2, -0.15) is 9.97 Å². The van der Waals surface area contributed by atoms with Crippen LogP contribution in [-0.2, 0) is 0 Å². The van der Waals surface area contributed by atoms with Crippen molar-refractivity contribution in [1.82, 2.24) is 24.5 Å². The highest BCUT2D eigenvalue weighted by molar-refractivity contribution is 6.16. The van der Waals surface area contributed by atoms with E-state index in [1.54, 1.807) is 6.20 Å². The maximum Gasteiger partial charge on any atom is 0.238 e. The van der Waals surface area contributed by atoms with Crippen molar-refractivity contribution in [2.45, 2.75) is 0 Å². The van der Waals surface area contributed by atoms with E-state index in [-0.39, 0.29) is 0 Å². The van der Waals surface area contributed by atoms with Gasteiger partial charge in [0, 0.05) is 50.3 Å². The van der Waals surface area contributed by atoms with Gasteiger partial charge >= 0.3 is 0 Å². The molecular formula is C50H29N5O2. The molecule has 0 atom stereocenters. The molecule has 5 aromatic heterocycles. The van der Waals surface area contributed by atoms with Crippen LogP contribution in [0.4, 0.5) is 0 Å². The van der Waals surface area contributed by atoms with Crippen LogP contribution in [0.1, 0.15) is 0 Å². The van der Waals surface area contributed by atoms with E-state index in [0.717, 1.165) is 76.8 Å². The van der Waals surface area contributed by atoms with Gasteiger partial charge in [-0.05, 0) is 52.6 Å². The van der Waals surface area contributed by atoms with Crippen molar-refractivity contribution in [1.29, 1.82) is 0 Å². The number of fused-ring (bicyclic) bond motifs is 9. The standard InChI is InChI=1S/C50H29N5O2/c1-2-12-30(13-3-1)31-24-26-32(27-25-31)33-17-10-20-41-45(33)35-15-4-7-19-40(35)55(41)50-53-48(37-18-11-23-44-46(37)36-16-6-9-22-43(36)56-44)52-49(54-50)39-29-51-28-38-34-14-5-8-21-42(34)57-47(38)39/h1-29H. The van der Waals surface area contributed by atoms with Gasteiger partial charge < -0.3 is 8.83 Å². The number of nitrogens with zero attached hydrogens (tertiary/aromatic N) is 5. The zero-order chi connectivity index (χ0) is 37.5. The monoisotopic (exact) mass is 731 g/mol. The molecule has 5 heterocycles. The van der Waals surface area contributed by atoms with Crippen LogP contribution in [0.25, 0.3) is 117 Å². The van der Waals surface area contributed by atoms with Crippen LogP contribution >= 0.6 is 0 Å². The fourth-order valence-electron chi connectivity index (χ4n) is 8.41. The Morgan fingerprint density at radius 2 is 0.982 bits per heavy atom. The third kappa shape index (κ3) is 4.86. The molecule has 7 heteroatoms. The first-order valence-corrected chi connectivity index (χ1v) is 18.9. The lowest BCUT2D eigenvalue weighted by Gasteiger charge is -2.12. The normalized spacial score (nSPS) is 11.9. The fraction of sp³-hybridized carbons (Fsp3) is 0. The Labute approximate surface area is 325 Å². The fourth-order valence-corrected chi connectivity index (χ4v) is 8.41. The van der Waals surface area contributed by atoms with Crippen molar-refractivity contribution in [2.75, 3.05) is 0 Å². The SMILES string of the molecule is c1ccc(-c2ccc(-c3cccc4c3c3ccccc3n4-c3nc(-c4cncc5c4oc4ccccc45)nc(-c4cccc5oc6ccccc6c45)n3)cc2)cc1. The van der Waals surface area contributed by atoms with Gasteiger partial charge in [-0.25, -0.2) is 4.98 Å². The average molecular weight is 732 g/mol. The summed E-state index contributed by atoms with van der Waals surface area (Å²) in [5, 5.41) is 6.04. The van der Waals surface area contributed by atoms with Crippen LogP contribution in [0.2, 0.25) is 0 Å². The van der Waals surface area contributed by atoms with Gasteiger partial charge in [0.1, 0.15) is 22.3 Å². The number of rotatable bonds is 5. The molecule has 0 bridgehead atoms. The van der Waals surface area contributed by atoms with E-state index in [0.29, 0.717) is 28.7 Å². The van der Waals surface area contributed by atoms with Gasteiger partial charge in [0.15, 0.2) is 11.6 Å². The molecule has 0 unspecified atom stereocenters. The summed E-state index contributed by atoms with van der Waals surface area (Å²) in [5.41, 5.74) is 11.1. The molecule has 57 heavy (non-hydrogen) atoms. The van der Waals surface area contributed by atoms with Crippen LogP contribution in [0.5, 0.6) is 0 Å². The van der Waals surface area contributed by atoms with Gasteiger partial charge in [0.2, 0.25) is 5.95 Å². The lowest BCUT2D eigenvalue weighted by atomic mass is 9.97. The maximum atomic E-state index is 6.51. The Kier molecular flexibility index (Phi) is 6.79. The molecule has 0 aliphatic heterocycles. The minimum Gasteiger partial charge on any atom is -0.456 e. The average Bonchev–Trinajstić information content (AvgIpc) is 3.96. The highest BCUT2D eigenvalue weighted by Crippen LogP contribution is 2.41. The molecule has 0 aliphatic rings. The van der Waals surface area contributed by atoms with E-state index in [9.17, 15) is 0 Å². The molecule has 0 aliphatic carbocycles. The summed E-state index contributed by atoms with van der Waals surface area (Å²) in [4.78, 5) is 20.5. The first-order valence-electron chi connectivity index (χ1n) is 18.9. The van der Waals surface area contributed by atoms with Crippen molar-refractivity contribution >= 4 is 65.7 Å². The lowest BCUT2D eigenvalue weighted by Crippen LogP contribution is -2.06. The molecule has 0 saturated carbocycles. The van der Waals surface area contributed by atoms with Crippen LogP contribution < -0.4 is 0 Å². The third-order valence-corrected chi connectivity index (χ3v) is 11.0. The van der Waals surface area contributed by atoms with E-state index in [1.807, 2.05) is 66.9 Å². The number of furan rings is 2. The summed E-state index contributed by atoms with van der Waals surface area (Å²) >= 11 is 0. The Morgan fingerprint density at radius 1 is 0.368 bits per heavy atom. The van der Waals surface area contributed by atoms with Crippen molar-refractivity contribution in [3.63, 3.8) is 0 Å². The molecule has 0 saturated heterocycles. The van der Waals surface area contributed by atoms with Crippen molar-refractivity contribution in [3.05, 3.63) is 176 Å². The summed E-state index contributed by atoms with van der Waals surface area (Å²) in [5.74, 6) is 1.45. The first kappa shape index (κ1) is 31.5. The largest absolute Gasteiger partial charge is 0.456 e. The summed E-state index contributed by atoms with van der Waals surface area (Å²) < 4.78 is 15.0. The second-order valence-electron chi connectivity index (χ2n) is 14.2. The van der Waals surface area contributed by atoms with Gasteiger partial charge in [-0.15, -0.1) is 0 Å². The van der Waals surface area contributed by atoms with Crippen LogP contribution in [0.3, 0.4) is 0 Å². The Balaban J connectivity index is 1.13. The quantitative estimate of drug-likeness (QED) is 0.175. The molecule has 0 radical (unpaired) electrons. The molecule has 0 spiro atoms. The maximum absolute atomic E-state index is 6.51. The predicted octanol–water partition coefficient (Wildman–Crippen LogP) is 12.8. The van der Waals surface area contributed by atoms with Gasteiger partial charge in [-0.3, -0.25) is 9.55 Å². The molecule has 0 N–H and O–H groups in total. The zero-order valence-electron chi connectivity index (χ0n) is 30.3. The lowest BCUT2D eigenvalue weighted by molar-refractivity contribution is 0.668. The number of aromatic nitrogens is 5. The molecule has 266 valence electrons. The second kappa shape index (κ2) is 12.3. The Morgan fingerprint density at radius 3 is 1.82 bits per heavy atom. The highest BCUT2D eigenvalue weighted by atomic mass is 16.3. The summed E-state index contributed by atoms with van der Waals surface area (Å²) in [6.45, 7) is 0. The van der Waals surface area contributed by atoms with E-state index in [4.69, 9.17) is 23.8 Å². The number of pyridine rings is 1. The van der Waals surface area contributed by atoms with E-state index < -0.39 is 0 Å². The number of benzene rings is 7. The smallest absolute Gasteiger partial charge is 0.238 e. The molecule has 7 nitrogen and oxygen atoms in total. The van der Waals surface area contributed by atoms with E-state index in [2.05, 4.69) is 113 Å².